The van der Waals surface area contributed by atoms with Crippen LogP contribution in [0.3, 0.4) is 0 Å². The third-order valence-electron chi connectivity index (χ3n) is 5.57. The zero-order chi connectivity index (χ0) is 19.3. The van der Waals surface area contributed by atoms with Crippen LogP contribution < -0.4 is 0 Å². The van der Waals surface area contributed by atoms with Crippen LogP contribution in [0.2, 0.25) is 0 Å². The molecule has 0 amide bonds. The van der Waals surface area contributed by atoms with Crippen molar-refractivity contribution in [3.05, 3.63) is 59.4 Å². The molecule has 1 fully saturated rings. The number of halogens is 1. The van der Waals surface area contributed by atoms with Gasteiger partial charge in [-0.3, -0.25) is 0 Å². The van der Waals surface area contributed by atoms with Gasteiger partial charge in [0.15, 0.2) is 0 Å². The van der Waals surface area contributed by atoms with E-state index in [1.54, 1.807) is 12.1 Å². The van der Waals surface area contributed by atoms with Gasteiger partial charge in [-0.1, -0.05) is 18.2 Å². The van der Waals surface area contributed by atoms with Gasteiger partial charge in [0.2, 0.25) is 0 Å². The minimum atomic E-state index is -0.157. The van der Waals surface area contributed by atoms with E-state index in [0.29, 0.717) is 5.92 Å². The Bertz CT molecular complexity index is 895. The van der Waals surface area contributed by atoms with Crippen molar-refractivity contribution in [2.45, 2.75) is 25.8 Å². The Morgan fingerprint density at radius 3 is 2.75 bits per heavy atom. The van der Waals surface area contributed by atoms with Crippen molar-refractivity contribution < 1.29 is 4.39 Å². The maximum atomic E-state index is 13.0. The Labute approximate surface area is 170 Å². The topological polar surface area (TPSA) is 32.3 Å². The van der Waals surface area contributed by atoms with Gasteiger partial charge in [-0.05, 0) is 74.2 Å². The van der Waals surface area contributed by atoms with Gasteiger partial charge in [-0.2, -0.15) is 8.75 Å². The average molecular weight is 399 g/mol. The first-order valence-electron chi connectivity index (χ1n) is 10.0. The van der Waals surface area contributed by atoms with Crippen molar-refractivity contribution in [1.29, 1.82) is 0 Å². The summed E-state index contributed by atoms with van der Waals surface area (Å²) in [5, 5.41) is 0. The van der Waals surface area contributed by atoms with Crippen LogP contribution in [0.5, 0.6) is 0 Å². The Kier molecular flexibility index (Phi) is 6.29. The molecule has 0 bridgehead atoms. The predicted molar refractivity (Wildman–Crippen MR) is 113 cm³/mol. The molecule has 0 saturated carbocycles. The van der Waals surface area contributed by atoms with Crippen LogP contribution in [0, 0.1) is 11.7 Å². The molecule has 1 aliphatic rings. The van der Waals surface area contributed by atoms with E-state index in [0.717, 1.165) is 43.6 Å². The Morgan fingerprint density at radius 2 is 1.89 bits per heavy atom. The number of hydrogen-bond acceptors (Lipinski definition) is 5. The second-order valence-electron chi connectivity index (χ2n) is 7.97. The molecule has 3 aromatic rings. The molecule has 4 nitrogen and oxygen atoms in total. The number of piperidine rings is 1. The van der Waals surface area contributed by atoms with E-state index in [1.807, 2.05) is 12.1 Å². The number of benzene rings is 2. The van der Waals surface area contributed by atoms with Gasteiger partial charge in [0.25, 0.3) is 0 Å². The van der Waals surface area contributed by atoms with Crippen molar-refractivity contribution in [2.75, 3.05) is 33.2 Å². The van der Waals surface area contributed by atoms with E-state index < -0.39 is 0 Å². The molecule has 148 valence electrons. The molecule has 28 heavy (non-hydrogen) atoms. The average Bonchev–Trinajstić information content (AvgIpc) is 3.15. The second-order valence-corrected chi connectivity index (χ2v) is 8.50. The van der Waals surface area contributed by atoms with E-state index in [1.165, 1.54) is 42.2 Å². The number of aromatic nitrogens is 2. The van der Waals surface area contributed by atoms with Gasteiger partial charge in [-0.15, -0.1) is 0 Å². The minimum absolute atomic E-state index is 0.157. The summed E-state index contributed by atoms with van der Waals surface area (Å²) in [5.41, 5.74) is 4.50. The summed E-state index contributed by atoms with van der Waals surface area (Å²) >= 11 is 1.28. The van der Waals surface area contributed by atoms with Crippen LogP contribution in [0.4, 0.5) is 4.39 Å². The standard InChI is InChI=1S/C22H27FN4S/c1-26(14-18-6-9-21-22(13-18)25-28-24-21)15-19-3-2-11-27(16-19)12-10-17-4-7-20(23)8-5-17/h4-9,13,19H,2-3,10-12,14-16H2,1H3/t19-/m1/s1. The molecule has 2 aromatic carbocycles. The first-order chi connectivity index (χ1) is 13.7. The highest BCUT2D eigenvalue weighted by molar-refractivity contribution is 7.00. The maximum absolute atomic E-state index is 13.0. The fraction of sp³-hybridized carbons (Fsp3) is 0.455. The van der Waals surface area contributed by atoms with Gasteiger partial charge in [0.1, 0.15) is 16.9 Å². The quantitative estimate of drug-likeness (QED) is 0.597. The van der Waals surface area contributed by atoms with E-state index in [2.05, 4.69) is 43.8 Å². The molecule has 0 spiro atoms. The Hall–Kier alpha value is -1.89. The first-order valence-corrected chi connectivity index (χ1v) is 10.8. The summed E-state index contributed by atoms with van der Waals surface area (Å²) < 4.78 is 21.7. The minimum Gasteiger partial charge on any atom is -0.303 e. The molecule has 1 atom stereocenters. The van der Waals surface area contributed by atoms with Crippen LogP contribution >= 0.6 is 11.7 Å². The van der Waals surface area contributed by atoms with E-state index in [9.17, 15) is 4.39 Å². The molecule has 2 heterocycles. The molecule has 1 aromatic heterocycles. The van der Waals surface area contributed by atoms with Crippen LogP contribution in [-0.4, -0.2) is 51.8 Å². The lowest BCUT2D eigenvalue weighted by Gasteiger charge is -2.34. The number of hydrogen-bond donors (Lipinski definition) is 0. The highest BCUT2D eigenvalue weighted by atomic mass is 32.1. The summed E-state index contributed by atoms with van der Waals surface area (Å²) in [6.45, 7) is 5.44. The lowest BCUT2D eigenvalue weighted by Crippen LogP contribution is -2.40. The second kappa shape index (κ2) is 9.07. The molecule has 0 radical (unpaired) electrons. The zero-order valence-electron chi connectivity index (χ0n) is 16.4. The lowest BCUT2D eigenvalue weighted by molar-refractivity contribution is 0.142. The summed E-state index contributed by atoms with van der Waals surface area (Å²) in [5.74, 6) is 0.548. The van der Waals surface area contributed by atoms with E-state index in [-0.39, 0.29) is 5.82 Å². The molecular weight excluding hydrogens is 371 g/mol. The van der Waals surface area contributed by atoms with Crippen molar-refractivity contribution in [3.8, 4) is 0 Å². The smallest absolute Gasteiger partial charge is 0.123 e. The summed E-state index contributed by atoms with van der Waals surface area (Å²) in [6, 6.07) is 13.3. The van der Waals surface area contributed by atoms with Crippen LogP contribution in [0.1, 0.15) is 24.0 Å². The SMILES string of the molecule is CN(Cc1ccc2nsnc2c1)C[C@H]1CCCN(CCc2ccc(F)cc2)C1. The van der Waals surface area contributed by atoms with Gasteiger partial charge in [-0.25, -0.2) is 4.39 Å². The lowest BCUT2D eigenvalue weighted by atomic mass is 9.97. The van der Waals surface area contributed by atoms with Crippen molar-refractivity contribution >= 4 is 22.8 Å². The number of likely N-dealkylation sites (tertiary alicyclic amines) is 1. The Balaban J connectivity index is 1.26. The van der Waals surface area contributed by atoms with Crippen molar-refractivity contribution in [2.24, 2.45) is 5.92 Å². The van der Waals surface area contributed by atoms with E-state index >= 15 is 0 Å². The van der Waals surface area contributed by atoms with Gasteiger partial charge >= 0.3 is 0 Å². The summed E-state index contributed by atoms with van der Waals surface area (Å²) in [4.78, 5) is 4.99. The molecule has 1 saturated heterocycles. The maximum Gasteiger partial charge on any atom is 0.123 e. The Morgan fingerprint density at radius 1 is 1.11 bits per heavy atom. The molecule has 1 aliphatic heterocycles. The van der Waals surface area contributed by atoms with Gasteiger partial charge in [0.05, 0.1) is 11.7 Å². The van der Waals surface area contributed by atoms with Gasteiger partial charge < -0.3 is 9.80 Å². The van der Waals surface area contributed by atoms with Gasteiger partial charge in [0, 0.05) is 26.2 Å². The van der Waals surface area contributed by atoms with Crippen molar-refractivity contribution in [1.82, 2.24) is 18.5 Å². The van der Waals surface area contributed by atoms with Crippen LogP contribution in [0.25, 0.3) is 11.0 Å². The summed E-state index contributed by atoms with van der Waals surface area (Å²) in [7, 11) is 2.21. The van der Waals surface area contributed by atoms with Crippen LogP contribution in [0.15, 0.2) is 42.5 Å². The molecule has 0 unspecified atom stereocenters. The fourth-order valence-electron chi connectivity index (χ4n) is 4.18. The van der Waals surface area contributed by atoms with Crippen LogP contribution in [-0.2, 0) is 13.0 Å². The van der Waals surface area contributed by atoms with E-state index in [4.69, 9.17) is 0 Å². The number of fused-ring (bicyclic) bond motifs is 1. The predicted octanol–water partition coefficient (Wildman–Crippen LogP) is 4.22. The normalized spacial score (nSPS) is 18.2. The fourth-order valence-corrected chi connectivity index (χ4v) is 4.70. The molecule has 6 heteroatoms. The highest BCUT2D eigenvalue weighted by Gasteiger charge is 2.21. The molecule has 0 N–H and O–H groups in total. The zero-order valence-corrected chi connectivity index (χ0v) is 17.2. The monoisotopic (exact) mass is 398 g/mol. The largest absolute Gasteiger partial charge is 0.303 e. The molecular formula is C22H27FN4S. The molecule has 0 aliphatic carbocycles. The summed E-state index contributed by atoms with van der Waals surface area (Å²) in [6.07, 6.45) is 3.55. The third kappa shape index (κ3) is 5.13. The first kappa shape index (κ1) is 19.4. The third-order valence-corrected chi connectivity index (χ3v) is 6.13. The number of nitrogens with zero attached hydrogens (tertiary/aromatic N) is 4. The molecule has 4 rings (SSSR count). The van der Waals surface area contributed by atoms with Crippen molar-refractivity contribution in [3.63, 3.8) is 0 Å². The highest BCUT2D eigenvalue weighted by Crippen LogP contribution is 2.20. The number of rotatable bonds is 7.